The first kappa shape index (κ1) is 21.0. The van der Waals surface area contributed by atoms with Crippen molar-refractivity contribution in [1.82, 2.24) is 0 Å². The second kappa shape index (κ2) is 8.89. The first-order valence-electron chi connectivity index (χ1n) is 10.2. The summed E-state index contributed by atoms with van der Waals surface area (Å²) in [7, 11) is 0. The van der Waals surface area contributed by atoms with Gasteiger partial charge in [0.2, 0.25) is 5.91 Å². The van der Waals surface area contributed by atoms with E-state index in [0.717, 1.165) is 16.8 Å². The molecule has 0 saturated heterocycles. The van der Waals surface area contributed by atoms with E-state index in [1.165, 1.54) is 13.0 Å². The molecule has 0 fully saturated rings. The van der Waals surface area contributed by atoms with E-state index >= 15 is 0 Å². The molecule has 0 radical (unpaired) electrons. The quantitative estimate of drug-likeness (QED) is 0.446. The summed E-state index contributed by atoms with van der Waals surface area (Å²) in [6, 6.07) is 19.3. The fourth-order valence-corrected chi connectivity index (χ4v) is 3.78. The van der Waals surface area contributed by atoms with Crippen LogP contribution in [0.25, 0.3) is 0 Å². The fraction of sp³-hybridized carbons (Fsp3) is 0.167. The molecule has 0 aliphatic carbocycles. The zero-order chi connectivity index (χ0) is 22.7. The highest BCUT2D eigenvalue weighted by Gasteiger charge is 2.23. The Bertz CT molecular complexity index is 1190. The zero-order valence-corrected chi connectivity index (χ0v) is 17.5. The van der Waals surface area contributed by atoms with Gasteiger partial charge in [0.05, 0.1) is 4.92 Å². The summed E-state index contributed by atoms with van der Waals surface area (Å²) in [5.74, 6) is -0.460. The van der Waals surface area contributed by atoms with Gasteiger partial charge in [-0.2, -0.15) is 0 Å². The third kappa shape index (κ3) is 4.44. The molecule has 1 aliphatic rings. The van der Waals surface area contributed by atoms with Gasteiger partial charge in [0.25, 0.3) is 11.6 Å². The van der Waals surface area contributed by atoms with E-state index in [9.17, 15) is 19.7 Å². The topological polar surface area (TPSA) is 105 Å². The minimum Gasteiger partial charge on any atom is -0.375 e. The summed E-state index contributed by atoms with van der Waals surface area (Å²) in [6.07, 6.45) is 0.714. The number of nitrogens with zero attached hydrogens (tertiary/aromatic N) is 2. The number of nitro benzene ring substituents is 1. The molecule has 4 rings (SSSR count). The smallest absolute Gasteiger partial charge is 0.293 e. The molecule has 1 aliphatic heterocycles. The maximum atomic E-state index is 12.7. The van der Waals surface area contributed by atoms with E-state index in [1.807, 2.05) is 36.4 Å². The summed E-state index contributed by atoms with van der Waals surface area (Å²) in [5.41, 5.74) is 3.76. The molecule has 8 nitrogen and oxygen atoms in total. The van der Waals surface area contributed by atoms with Crippen molar-refractivity contribution in [3.8, 4) is 0 Å². The van der Waals surface area contributed by atoms with Crippen LogP contribution in [0.5, 0.6) is 0 Å². The zero-order valence-electron chi connectivity index (χ0n) is 17.5. The van der Waals surface area contributed by atoms with Gasteiger partial charge >= 0.3 is 0 Å². The van der Waals surface area contributed by atoms with Crippen LogP contribution in [0, 0.1) is 10.1 Å². The van der Waals surface area contributed by atoms with Crippen molar-refractivity contribution < 1.29 is 14.5 Å². The van der Waals surface area contributed by atoms with Crippen LogP contribution in [0.2, 0.25) is 0 Å². The number of fused-ring (bicyclic) bond motifs is 1. The Morgan fingerprint density at radius 3 is 2.56 bits per heavy atom. The lowest BCUT2D eigenvalue weighted by molar-refractivity contribution is -0.384. The number of carbonyl (C=O) groups excluding carboxylic acids is 2. The van der Waals surface area contributed by atoms with E-state index < -0.39 is 10.8 Å². The van der Waals surface area contributed by atoms with Crippen molar-refractivity contribution in [2.45, 2.75) is 19.9 Å². The molecule has 0 spiro atoms. The standard InChI is InChI=1S/C24H22N4O4/c1-16(29)27-12-11-18-13-20(8-10-22(18)27)26-24(30)19-7-9-21(23(14-19)28(31)32)25-15-17-5-3-2-4-6-17/h2-10,13-14,25H,11-12,15H2,1H3,(H,26,30). The largest absolute Gasteiger partial charge is 0.375 e. The van der Waals surface area contributed by atoms with Crippen molar-refractivity contribution in [2.24, 2.45) is 0 Å². The molecular formula is C24H22N4O4. The molecule has 0 unspecified atom stereocenters. The monoisotopic (exact) mass is 430 g/mol. The molecule has 1 heterocycles. The number of nitrogens with one attached hydrogen (secondary N) is 2. The lowest BCUT2D eigenvalue weighted by atomic mass is 10.1. The lowest BCUT2D eigenvalue weighted by Crippen LogP contribution is -2.25. The highest BCUT2D eigenvalue weighted by Crippen LogP contribution is 2.31. The van der Waals surface area contributed by atoms with Gasteiger partial charge < -0.3 is 15.5 Å². The summed E-state index contributed by atoms with van der Waals surface area (Å²) in [4.78, 5) is 37.2. The van der Waals surface area contributed by atoms with Crippen LogP contribution in [0.4, 0.5) is 22.7 Å². The SMILES string of the molecule is CC(=O)N1CCc2cc(NC(=O)c3ccc(NCc4ccccc4)c([N+](=O)[O-])c3)ccc21. The number of nitro groups is 1. The second-order valence-corrected chi connectivity index (χ2v) is 7.55. The van der Waals surface area contributed by atoms with Crippen LogP contribution in [-0.4, -0.2) is 23.3 Å². The van der Waals surface area contributed by atoms with Crippen LogP contribution in [0.1, 0.15) is 28.4 Å². The number of hydrogen-bond acceptors (Lipinski definition) is 5. The maximum absolute atomic E-state index is 12.7. The first-order chi connectivity index (χ1) is 15.4. The van der Waals surface area contributed by atoms with Crippen LogP contribution < -0.4 is 15.5 Å². The predicted octanol–water partition coefficient (Wildman–Crippen LogP) is 4.37. The summed E-state index contributed by atoms with van der Waals surface area (Å²) in [6.45, 7) is 2.57. The molecule has 2 amide bonds. The Balaban J connectivity index is 1.50. The van der Waals surface area contributed by atoms with Crippen LogP contribution in [0.15, 0.2) is 66.7 Å². The van der Waals surface area contributed by atoms with Gasteiger partial charge in [-0.25, -0.2) is 0 Å². The van der Waals surface area contributed by atoms with Crippen molar-refractivity contribution in [2.75, 3.05) is 22.1 Å². The molecule has 0 aromatic heterocycles. The summed E-state index contributed by atoms with van der Waals surface area (Å²) >= 11 is 0. The highest BCUT2D eigenvalue weighted by molar-refractivity contribution is 6.05. The van der Waals surface area contributed by atoms with Gasteiger partial charge in [-0.3, -0.25) is 19.7 Å². The number of anilines is 3. The molecule has 3 aromatic carbocycles. The van der Waals surface area contributed by atoms with Crippen LogP contribution >= 0.6 is 0 Å². The average Bonchev–Trinajstić information content (AvgIpc) is 3.22. The van der Waals surface area contributed by atoms with Crippen molar-refractivity contribution in [1.29, 1.82) is 0 Å². The van der Waals surface area contributed by atoms with Gasteiger partial charge in [-0.15, -0.1) is 0 Å². The molecule has 0 atom stereocenters. The van der Waals surface area contributed by atoms with Gasteiger partial charge in [-0.1, -0.05) is 30.3 Å². The Morgan fingerprint density at radius 1 is 1.06 bits per heavy atom. The molecule has 3 aromatic rings. The summed E-state index contributed by atoms with van der Waals surface area (Å²) < 4.78 is 0. The maximum Gasteiger partial charge on any atom is 0.293 e. The van der Waals surface area contributed by atoms with Crippen molar-refractivity contribution in [3.05, 3.63) is 93.5 Å². The molecule has 162 valence electrons. The van der Waals surface area contributed by atoms with Crippen LogP contribution in [-0.2, 0) is 17.8 Å². The van der Waals surface area contributed by atoms with E-state index in [1.54, 1.807) is 29.2 Å². The van der Waals surface area contributed by atoms with Gasteiger partial charge in [0.15, 0.2) is 0 Å². The van der Waals surface area contributed by atoms with E-state index in [4.69, 9.17) is 0 Å². The van der Waals surface area contributed by atoms with E-state index in [0.29, 0.717) is 30.9 Å². The fourth-order valence-electron chi connectivity index (χ4n) is 3.78. The predicted molar refractivity (Wildman–Crippen MR) is 123 cm³/mol. The Hall–Kier alpha value is -4.20. The number of amides is 2. The number of rotatable bonds is 6. The molecule has 0 bridgehead atoms. The summed E-state index contributed by atoms with van der Waals surface area (Å²) in [5, 5.41) is 17.4. The highest BCUT2D eigenvalue weighted by atomic mass is 16.6. The lowest BCUT2D eigenvalue weighted by Gasteiger charge is -2.15. The van der Waals surface area contributed by atoms with Gasteiger partial charge in [0, 0.05) is 43.0 Å². The van der Waals surface area contributed by atoms with E-state index in [-0.39, 0.29) is 17.2 Å². The van der Waals surface area contributed by atoms with Gasteiger partial charge in [-0.05, 0) is 47.9 Å². The number of hydrogen-bond donors (Lipinski definition) is 2. The molecule has 8 heteroatoms. The molecule has 32 heavy (non-hydrogen) atoms. The third-order valence-electron chi connectivity index (χ3n) is 5.40. The Kier molecular flexibility index (Phi) is 5.85. The van der Waals surface area contributed by atoms with Crippen molar-refractivity contribution in [3.63, 3.8) is 0 Å². The number of benzene rings is 3. The second-order valence-electron chi connectivity index (χ2n) is 7.55. The minimum atomic E-state index is -0.504. The van der Waals surface area contributed by atoms with Gasteiger partial charge in [0.1, 0.15) is 5.69 Å². The molecular weight excluding hydrogens is 408 g/mol. The third-order valence-corrected chi connectivity index (χ3v) is 5.40. The van der Waals surface area contributed by atoms with Crippen LogP contribution in [0.3, 0.4) is 0 Å². The van der Waals surface area contributed by atoms with Crippen molar-refractivity contribution >= 4 is 34.6 Å². The minimum absolute atomic E-state index is 0.0196. The van der Waals surface area contributed by atoms with E-state index in [2.05, 4.69) is 10.6 Å². The Labute approximate surface area is 185 Å². The molecule has 2 N–H and O–H groups in total. The molecule has 0 saturated carbocycles. The number of carbonyl (C=O) groups is 2. The first-order valence-corrected chi connectivity index (χ1v) is 10.2. The Morgan fingerprint density at radius 2 is 1.84 bits per heavy atom. The normalized spacial score (nSPS) is 12.2. The average molecular weight is 430 g/mol.